The van der Waals surface area contributed by atoms with Crippen LogP contribution in [0, 0.1) is 0 Å². The highest BCUT2D eigenvalue weighted by Gasteiger charge is 2.03. The van der Waals surface area contributed by atoms with Gasteiger partial charge < -0.3 is 14.8 Å². The molecule has 1 aromatic rings. The van der Waals surface area contributed by atoms with Crippen molar-refractivity contribution in [3.63, 3.8) is 0 Å². The summed E-state index contributed by atoms with van der Waals surface area (Å²) in [5.41, 5.74) is 0.960. The number of hydrogen-bond acceptors (Lipinski definition) is 4. The lowest BCUT2D eigenvalue weighted by atomic mass is 10.4. The number of ether oxygens (including phenoxy) is 2. The maximum absolute atomic E-state index is 5.02. The Labute approximate surface area is 77.9 Å². The van der Waals surface area contributed by atoms with Crippen LogP contribution in [0.2, 0.25) is 0 Å². The van der Waals surface area contributed by atoms with E-state index >= 15 is 0 Å². The predicted molar refractivity (Wildman–Crippen MR) is 50.5 cm³/mol. The molecule has 0 aliphatic carbocycles. The minimum Gasteiger partial charge on any atom is -0.379 e. The van der Waals surface area contributed by atoms with Crippen LogP contribution in [0.5, 0.6) is 0 Å². The number of rotatable bonds is 5. The van der Waals surface area contributed by atoms with Crippen LogP contribution < -0.4 is 5.32 Å². The minimum absolute atomic E-state index is 0.222. The maximum Gasteiger partial charge on any atom is 0.173 e. The van der Waals surface area contributed by atoms with Gasteiger partial charge in [0.15, 0.2) is 6.29 Å². The van der Waals surface area contributed by atoms with Crippen molar-refractivity contribution in [1.82, 2.24) is 4.98 Å². The smallest absolute Gasteiger partial charge is 0.173 e. The van der Waals surface area contributed by atoms with Crippen molar-refractivity contribution < 1.29 is 9.47 Å². The van der Waals surface area contributed by atoms with Crippen LogP contribution in [0.4, 0.5) is 5.69 Å². The third kappa shape index (κ3) is 3.40. The van der Waals surface area contributed by atoms with Crippen molar-refractivity contribution in [2.24, 2.45) is 0 Å². The van der Waals surface area contributed by atoms with Gasteiger partial charge in [0.05, 0.1) is 12.2 Å². The SMILES string of the molecule is COC(CNc1cccnc1)OC. The predicted octanol–water partition coefficient (Wildman–Crippen LogP) is 1.11. The summed E-state index contributed by atoms with van der Waals surface area (Å²) in [5, 5.41) is 3.13. The number of anilines is 1. The molecular formula is C9H14N2O2. The molecule has 0 saturated carbocycles. The van der Waals surface area contributed by atoms with Gasteiger partial charge in [0.25, 0.3) is 0 Å². The van der Waals surface area contributed by atoms with E-state index < -0.39 is 0 Å². The Morgan fingerprint density at radius 1 is 1.46 bits per heavy atom. The zero-order valence-electron chi connectivity index (χ0n) is 7.86. The van der Waals surface area contributed by atoms with Crippen LogP contribution in [-0.2, 0) is 9.47 Å². The standard InChI is InChI=1S/C9H14N2O2/c1-12-9(13-2)7-11-8-4-3-5-10-6-8/h3-6,9,11H,7H2,1-2H3. The van der Waals surface area contributed by atoms with Gasteiger partial charge in [-0.3, -0.25) is 4.98 Å². The maximum atomic E-state index is 5.02. The molecule has 0 aliphatic rings. The van der Waals surface area contributed by atoms with Gasteiger partial charge in [-0.15, -0.1) is 0 Å². The van der Waals surface area contributed by atoms with Gasteiger partial charge in [-0.1, -0.05) is 0 Å². The van der Waals surface area contributed by atoms with E-state index in [9.17, 15) is 0 Å². The third-order valence-corrected chi connectivity index (χ3v) is 1.66. The zero-order valence-corrected chi connectivity index (χ0v) is 7.86. The summed E-state index contributed by atoms with van der Waals surface area (Å²) in [6, 6.07) is 3.81. The van der Waals surface area contributed by atoms with Gasteiger partial charge in [-0.05, 0) is 12.1 Å². The van der Waals surface area contributed by atoms with Crippen LogP contribution in [0.15, 0.2) is 24.5 Å². The van der Waals surface area contributed by atoms with Gasteiger partial charge in [0.1, 0.15) is 0 Å². The lowest BCUT2D eigenvalue weighted by Crippen LogP contribution is -2.23. The van der Waals surface area contributed by atoms with Crippen molar-refractivity contribution in [2.45, 2.75) is 6.29 Å². The minimum atomic E-state index is -0.222. The van der Waals surface area contributed by atoms with E-state index in [2.05, 4.69) is 10.3 Å². The Bertz CT molecular complexity index is 224. The van der Waals surface area contributed by atoms with Crippen LogP contribution >= 0.6 is 0 Å². The van der Waals surface area contributed by atoms with E-state index in [4.69, 9.17) is 9.47 Å². The Morgan fingerprint density at radius 3 is 2.77 bits per heavy atom. The number of nitrogens with one attached hydrogen (secondary N) is 1. The first-order chi connectivity index (χ1) is 6.36. The Hall–Kier alpha value is -1.13. The van der Waals surface area contributed by atoms with E-state index in [0.717, 1.165) is 5.69 Å². The van der Waals surface area contributed by atoms with E-state index in [1.807, 2.05) is 12.1 Å². The second kappa shape index (κ2) is 5.50. The molecule has 0 aliphatic heterocycles. The van der Waals surface area contributed by atoms with E-state index in [1.54, 1.807) is 26.6 Å². The number of methoxy groups -OCH3 is 2. The summed E-state index contributed by atoms with van der Waals surface area (Å²) in [4.78, 5) is 3.97. The first kappa shape index (κ1) is 9.95. The largest absolute Gasteiger partial charge is 0.379 e. The summed E-state index contributed by atoms with van der Waals surface area (Å²) < 4.78 is 10.0. The molecule has 1 aromatic heterocycles. The quantitative estimate of drug-likeness (QED) is 0.693. The van der Waals surface area contributed by atoms with Crippen LogP contribution in [0.25, 0.3) is 0 Å². The molecule has 4 heteroatoms. The van der Waals surface area contributed by atoms with Gasteiger partial charge in [-0.2, -0.15) is 0 Å². The van der Waals surface area contributed by atoms with Crippen LogP contribution in [-0.4, -0.2) is 32.0 Å². The zero-order chi connectivity index (χ0) is 9.52. The third-order valence-electron chi connectivity index (χ3n) is 1.66. The first-order valence-corrected chi connectivity index (χ1v) is 4.06. The number of pyridine rings is 1. The Balaban J connectivity index is 2.34. The second-order valence-corrected chi connectivity index (χ2v) is 2.52. The molecule has 1 rings (SSSR count). The number of hydrogen-bond donors (Lipinski definition) is 1. The fourth-order valence-corrected chi connectivity index (χ4v) is 0.931. The first-order valence-electron chi connectivity index (χ1n) is 4.06. The molecule has 0 radical (unpaired) electrons. The lowest BCUT2D eigenvalue weighted by molar-refractivity contribution is -0.0914. The molecule has 72 valence electrons. The van der Waals surface area contributed by atoms with E-state index in [0.29, 0.717) is 6.54 Å². The highest BCUT2D eigenvalue weighted by atomic mass is 16.7. The monoisotopic (exact) mass is 182 g/mol. The summed E-state index contributed by atoms with van der Waals surface area (Å²) in [6.07, 6.45) is 3.26. The molecule has 0 bridgehead atoms. The van der Waals surface area contributed by atoms with Gasteiger partial charge >= 0.3 is 0 Å². The fourth-order valence-electron chi connectivity index (χ4n) is 0.931. The molecule has 1 heterocycles. The molecule has 1 N–H and O–H groups in total. The van der Waals surface area contributed by atoms with E-state index in [-0.39, 0.29) is 6.29 Å². The molecule has 0 saturated heterocycles. The average Bonchev–Trinajstić information content (AvgIpc) is 2.21. The average molecular weight is 182 g/mol. The summed E-state index contributed by atoms with van der Waals surface area (Å²) in [7, 11) is 3.22. The normalized spacial score (nSPS) is 10.4. The summed E-state index contributed by atoms with van der Waals surface area (Å²) in [5.74, 6) is 0. The van der Waals surface area contributed by atoms with Crippen molar-refractivity contribution >= 4 is 5.69 Å². The van der Waals surface area contributed by atoms with Crippen molar-refractivity contribution in [3.8, 4) is 0 Å². The van der Waals surface area contributed by atoms with Crippen molar-refractivity contribution in [2.75, 3.05) is 26.1 Å². The molecular weight excluding hydrogens is 168 g/mol. The van der Waals surface area contributed by atoms with Gasteiger partial charge in [-0.25, -0.2) is 0 Å². The number of aromatic nitrogens is 1. The summed E-state index contributed by atoms with van der Waals surface area (Å²) >= 11 is 0. The topological polar surface area (TPSA) is 43.4 Å². The van der Waals surface area contributed by atoms with Gasteiger partial charge in [0.2, 0.25) is 0 Å². The van der Waals surface area contributed by atoms with Crippen LogP contribution in [0.3, 0.4) is 0 Å². The van der Waals surface area contributed by atoms with Gasteiger partial charge in [0, 0.05) is 26.6 Å². The molecule has 0 fully saturated rings. The molecule has 0 amide bonds. The second-order valence-electron chi connectivity index (χ2n) is 2.52. The Morgan fingerprint density at radius 2 is 2.23 bits per heavy atom. The molecule has 4 nitrogen and oxygen atoms in total. The van der Waals surface area contributed by atoms with Crippen molar-refractivity contribution in [3.05, 3.63) is 24.5 Å². The molecule has 13 heavy (non-hydrogen) atoms. The molecule has 0 spiro atoms. The molecule has 0 atom stereocenters. The Kier molecular flexibility index (Phi) is 4.21. The summed E-state index contributed by atoms with van der Waals surface area (Å²) in [6.45, 7) is 0.610. The number of nitrogens with zero attached hydrogens (tertiary/aromatic N) is 1. The van der Waals surface area contributed by atoms with E-state index in [1.165, 1.54) is 0 Å². The lowest BCUT2D eigenvalue weighted by Gasteiger charge is -2.14. The molecule has 0 aromatic carbocycles. The highest BCUT2D eigenvalue weighted by Crippen LogP contribution is 2.03. The highest BCUT2D eigenvalue weighted by molar-refractivity contribution is 5.39. The van der Waals surface area contributed by atoms with Crippen LogP contribution in [0.1, 0.15) is 0 Å². The van der Waals surface area contributed by atoms with Crippen molar-refractivity contribution in [1.29, 1.82) is 0 Å². The molecule has 0 unspecified atom stereocenters. The fraction of sp³-hybridized carbons (Fsp3) is 0.444.